The largest absolute Gasteiger partial charge is 0.380 e. The molecule has 0 rings (SSSR count). The monoisotopic (exact) mass is 244 g/mol. The Hall–Kier alpha value is -0.610. The van der Waals surface area contributed by atoms with Crippen LogP contribution in [-0.4, -0.2) is 50.2 Å². The number of amides is 1. The van der Waals surface area contributed by atoms with Crippen molar-refractivity contribution in [2.24, 2.45) is 5.92 Å². The average molecular weight is 244 g/mol. The van der Waals surface area contributed by atoms with Crippen molar-refractivity contribution in [3.8, 4) is 0 Å². The van der Waals surface area contributed by atoms with Crippen molar-refractivity contribution in [1.82, 2.24) is 10.2 Å². The maximum absolute atomic E-state index is 11.7. The quantitative estimate of drug-likeness (QED) is 0.625. The predicted octanol–water partition coefficient (Wildman–Crippen LogP) is 1.51. The second-order valence-electron chi connectivity index (χ2n) is 4.82. The van der Waals surface area contributed by atoms with Gasteiger partial charge in [0.2, 0.25) is 5.91 Å². The Morgan fingerprint density at radius 2 is 1.94 bits per heavy atom. The van der Waals surface area contributed by atoms with Crippen molar-refractivity contribution in [3.05, 3.63) is 0 Å². The molecule has 0 heterocycles. The average Bonchev–Trinajstić information content (AvgIpc) is 2.30. The SMILES string of the molecule is CCN(C)C(=O)C(C)NCCOCCC(C)C. The molecule has 0 aliphatic carbocycles. The van der Waals surface area contributed by atoms with Crippen molar-refractivity contribution in [3.63, 3.8) is 0 Å². The van der Waals surface area contributed by atoms with Crippen molar-refractivity contribution < 1.29 is 9.53 Å². The zero-order chi connectivity index (χ0) is 13.3. The number of likely N-dealkylation sites (N-methyl/N-ethyl adjacent to an activating group) is 1. The number of hydrogen-bond acceptors (Lipinski definition) is 3. The van der Waals surface area contributed by atoms with Crippen molar-refractivity contribution >= 4 is 5.91 Å². The van der Waals surface area contributed by atoms with Crippen molar-refractivity contribution in [2.75, 3.05) is 33.4 Å². The van der Waals surface area contributed by atoms with Crippen LogP contribution in [0.4, 0.5) is 0 Å². The van der Waals surface area contributed by atoms with Gasteiger partial charge >= 0.3 is 0 Å². The Labute approximate surface area is 106 Å². The third-order valence-electron chi connectivity index (χ3n) is 2.76. The molecular weight excluding hydrogens is 216 g/mol. The molecule has 4 heteroatoms. The zero-order valence-corrected chi connectivity index (χ0v) is 12.0. The number of nitrogens with zero attached hydrogens (tertiary/aromatic N) is 1. The third-order valence-corrected chi connectivity index (χ3v) is 2.76. The fraction of sp³-hybridized carbons (Fsp3) is 0.923. The van der Waals surface area contributed by atoms with Crippen LogP contribution in [-0.2, 0) is 9.53 Å². The summed E-state index contributed by atoms with van der Waals surface area (Å²) < 4.78 is 5.47. The molecule has 0 bridgehead atoms. The van der Waals surface area contributed by atoms with Gasteiger partial charge < -0.3 is 15.0 Å². The number of nitrogens with one attached hydrogen (secondary N) is 1. The smallest absolute Gasteiger partial charge is 0.239 e. The van der Waals surface area contributed by atoms with Crippen LogP contribution in [0.15, 0.2) is 0 Å². The van der Waals surface area contributed by atoms with E-state index in [1.807, 2.05) is 20.9 Å². The van der Waals surface area contributed by atoms with Crippen LogP contribution in [0.1, 0.15) is 34.1 Å². The van der Waals surface area contributed by atoms with E-state index in [1.165, 1.54) is 0 Å². The molecule has 102 valence electrons. The number of hydrogen-bond donors (Lipinski definition) is 1. The Morgan fingerprint density at radius 1 is 1.29 bits per heavy atom. The highest BCUT2D eigenvalue weighted by Gasteiger charge is 2.14. The minimum Gasteiger partial charge on any atom is -0.380 e. The molecule has 0 radical (unpaired) electrons. The summed E-state index contributed by atoms with van der Waals surface area (Å²) >= 11 is 0. The summed E-state index contributed by atoms with van der Waals surface area (Å²) in [6.45, 7) is 11.2. The predicted molar refractivity (Wildman–Crippen MR) is 71.0 cm³/mol. The van der Waals surface area contributed by atoms with Gasteiger partial charge in [0.15, 0.2) is 0 Å². The molecule has 0 spiro atoms. The van der Waals surface area contributed by atoms with E-state index in [-0.39, 0.29) is 11.9 Å². The normalized spacial score (nSPS) is 12.8. The van der Waals surface area contributed by atoms with Gasteiger partial charge in [-0.05, 0) is 26.2 Å². The van der Waals surface area contributed by atoms with Gasteiger partial charge in [-0.25, -0.2) is 0 Å². The van der Waals surface area contributed by atoms with Gasteiger partial charge in [-0.2, -0.15) is 0 Å². The van der Waals surface area contributed by atoms with Crippen LogP contribution in [0.5, 0.6) is 0 Å². The topological polar surface area (TPSA) is 41.6 Å². The van der Waals surface area contributed by atoms with E-state index in [1.54, 1.807) is 4.90 Å². The first-order valence-corrected chi connectivity index (χ1v) is 6.55. The van der Waals surface area contributed by atoms with Crippen LogP contribution in [0.3, 0.4) is 0 Å². The molecule has 0 fully saturated rings. The molecule has 0 aliphatic heterocycles. The van der Waals surface area contributed by atoms with Crippen molar-refractivity contribution in [2.45, 2.75) is 40.2 Å². The van der Waals surface area contributed by atoms with E-state index in [9.17, 15) is 4.79 Å². The van der Waals surface area contributed by atoms with Gasteiger partial charge in [-0.3, -0.25) is 4.79 Å². The lowest BCUT2D eigenvalue weighted by molar-refractivity contribution is -0.131. The molecule has 17 heavy (non-hydrogen) atoms. The van der Waals surface area contributed by atoms with E-state index in [4.69, 9.17) is 4.74 Å². The van der Waals surface area contributed by atoms with Crippen LogP contribution in [0, 0.1) is 5.92 Å². The van der Waals surface area contributed by atoms with E-state index >= 15 is 0 Å². The number of rotatable bonds is 9. The lowest BCUT2D eigenvalue weighted by Crippen LogP contribution is -2.44. The Balaban J connectivity index is 3.51. The molecule has 0 aromatic heterocycles. The Kier molecular flexibility index (Phi) is 9.09. The maximum Gasteiger partial charge on any atom is 0.239 e. The fourth-order valence-corrected chi connectivity index (χ4v) is 1.34. The summed E-state index contributed by atoms with van der Waals surface area (Å²) in [6.07, 6.45) is 1.09. The summed E-state index contributed by atoms with van der Waals surface area (Å²) in [6, 6.07) is -0.131. The van der Waals surface area contributed by atoms with Gasteiger partial charge in [0.05, 0.1) is 12.6 Å². The van der Waals surface area contributed by atoms with Crippen molar-refractivity contribution in [1.29, 1.82) is 0 Å². The highest BCUT2D eigenvalue weighted by atomic mass is 16.5. The first-order valence-electron chi connectivity index (χ1n) is 6.55. The second-order valence-corrected chi connectivity index (χ2v) is 4.82. The number of carbonyl (C=O) groups is 1. The second kappa shape index (κ2) is 9.42. The standard InChI is InChI=1S/C13H28N2O2/c1-6-15(5)13(16)12(4)14-8-10-17-9-7-11(2)3/h11-12,14H,6-10H2,1-5H3. The van der Waals surface area contributed by atoms with Crippen LogP contribution < -0.4 is 5.32 Å². The molecule has 0 saturated heterocycles. The van der Waals surface area contributed by atoms with Gasteiger partial charge in [0, 0.05) is 26.7 Å². The Bertz CT molecular complexity index is 208. The van der Waals surface area contributed by atoms with Crippen LogP contribution >= 0.6 is 0 Å². The van der Waals surface area contributed by atoms with E-state index in [0.717, 1.165) is 26.1 Å². The van der Waals surface area contributed by atoms with Gasteiger partial charge in [-0.1, -0.05) is 13.8 Å². The van der Waals surface area contributed by atoms with Crippen LogP contribution in [0.25, 0.3) is 0 Å². The van der Waals surface area contributed by atoms with E-state index in [0.29, 0.717) is 12.5 Å². The molecule has 4 nitrogen and oxygen atoms in total. The Morgan fingerprint density at radius 3 is 2.47 bits per heavy atom. The zero-order valence-electron chi connectivity index (χ0n) is 12.0. The first-order chi connectivity index (χ1) is 7.99. The summed E-state index contributed by atoms with van der Waals surface area (Å²) in [7, 11) is 1.82. The van der Waals surface area contributed by atoms with E-state index < -0.39 is 0 Å². The van der Waals surface area contributed by atoms with Gasteiger partial charge in [-0.15, -0.1) is 0 Å². The van der Waals surface area contributed by atoms with Gasteiger partial charge in [0.1, 0.15) is 0 Å². The highest BCUT2D eigenvalue weighted by molar-refractivity contribution is 5.81. The molecule has 0 aromatic carbocycles. The molecule has 0 aliphatic rings. The van der Waals surface area contributed by atoms with Crippen LogP contribution in [0.2, 0.25) is 0 Å². The third kappa shape index (κ3) is 8.16. The number of ether oxygens (including phenoxy) is 1. The summed E-state index contributed by atoms with van der Waals surface area (Å²) in [4.78, 5) is 13.4. The fourth-order valence-electron chi connectivity index (χ4n) is 1.34. The molecule has 1 unspecified atom stereocenters. The molecule has 0 aromatic rings. The van der Waals surface area contributed by atoms with E-state index in [2.05, 4.69) is 19.2 Å². The summed E-state index contributed by atoms with van der Waals surface area (Å²) in [5.74, 6) is 0.816. The lowest BCUT2D eigenvalue weighted by atomic mass is 10.1. The lowest BCUT2D eigenvalue weighted by Gasteiger charge is -2.20. The highest BCUT2D eigenvalue weighted by Crippen LogP contribution is 1.98. The summed E-state index contributed by atoms with van der Waals surface area (Å²) in [5, 5.41) is 3.17. The minimum absolute atomic E-state index is 0.131. The molecule has 1 atom stereocenters. The van der Waals surface area contributed by atoms with Gasteiger partial charge in [0.25, 0.3) is 0 Å². The molecule has 0 saturated carbocycles. The molecule has 1 amide bonds. The maximum atomic E-state index is 11.7. The number of carbonyl (C=O) groups excluding carboxylic acids is 1. The molecule has 1 N–H and O–H groups in total. The minimum atomic E-state index is -0.131. The first kappa shape index (κ1) is 16.4. The summed E-state index contributed by atoms with van der Waals surface area (Å²) in [5.41, 5.74) is 0. The molecular formula is C13H28N2O2.